The van der Waals surface area contributed by atoms with Crippen LogP contribution < -0.4 is 5.32 Å². The number of hydrogen-bond donors (Lipinski definition) is 1. The minimum absolute atomic E-state index is 0.0338. The van der Waals surface area contributed by atoms with Gasteiger partial charge in [-0.1, -0.05) is 6.92 Å². The average molecular weight is 332 g/mol. The van der Waals surface area contributed by atoms with E-state index in [9.17, 15) is 8.42 Å². The number of thioether (sulfide) groups is 1. The number of hydrogen-bond acceptors (Lipinski definition) is 4. The van der Waals surface area contributed by atoms with Crippen LogP contribution in [0.5, 0.6) is 0 Å². The van der Waals surface area contributed by atoms with Crippen molar-refractivity contribution < 1.29 is 8.42 Å². The highest BCUT2D eigenvalue weighted by Crippen LogP contribution is 2.30. The van der Waals surface area contributed by atoms with Crippen molar-refractivity contribution in [1.29, 1.82) is 0 Å². The molecule has 120 valence electrons. The molecule has 0 saturated carbocycles. The second kappa shape index (κ2) is 6.73. The SMILES string of the molecule is CCn1cc(S(=O)(=O)N2CCSC(C)C2C)cc1CNC. The number of nitrogens with one attached hydrogen (secondary N) is 1. The maximum Gasteiger partial charge on any atom is 0.244 e. The number of aromatic nitrogens is 1. The first kappa shape index (κ1) is 16.9. The molecule has 1 aromatic rings. The second-order valence-electron chi connectivity index (χ2n) is 5.42. The summed E-state index contributed by atoms with van der Waals surface area (Å²) in [6.45, 7) is 8.16. The first-order chi connectivity index (χ1) is 9.91. The van der Waals surface area contributed by atoms with Gasteiger partial charge in [-0.2, -0.15) is 16.1 Å². The van der Waals surface area contributed by atoms with Crippen LogP contribution in [-0.2, 0) is 23.1 Å². The van der Waals surface area contributed by atoms with E-state index in [0.29, 0.717) is 23.2 Å². The molecule has 0 amide bonds. The summed E-state index contributed by atoms with van der Waals surface area (Å²) in [7, 11) is -1.53. The van der Waals surface area contributed by atoms with Crippen LogP contribution in [0, 0.1) is 0 Å². The van der Waals surface area contributed by atoms with Crippen molar-refractivity contribution >= 4 is 21.8 Å². The Labute approximate surface area is 132 Å². The van der Waals surface area contributed by atoms with Crippen LogP contribution in [0.1, 0.15) is 26.5 Å². The van der Waals surface area contributed by atoms with Gasteiger partial charge < -0.3 is 9.88 Å². The van der Waals surface area contributed by atoms with Crippen LogP contribution in [0.15, 0.2) is 17.2 Å². The zero-order valence-electron chi connectivity index (χ0n) is 13.2. The van der Waals surface area contributed by atoms with Gasteiger partial charge in [0.25, 0.3) is 0 Å². The quantitative estimate of drug-likeness (QED) is 0.893. The lowest BCUT2D eigenvalue weighted by Gasteiger charge is -2.36. The minimum Gasteiger partial charge on any atom is -0.349 e. The molecule has 21 heavy (non-hydrogen) atoms. The van der Waals surface area contributed by atoms with Crippen molar-refractivity contribution in [1.82, 2.24) is 14.2 Å². The van der Waals surface area contributed by atoms with Crippen LogP contribution in [0.25, 0.3) is 0 Å². The number of nitrogens with zero attached hydrogens (tertiary/aromatic N) is 2. The van der Waals surface area contributed by atoms with E-state index in [1.54, 1.807) is 16.6 Å². The van der Waals surface area contributed by atoms with E-state index in [-0.39, 0.29) is 6.04 Å². The molecule has 0 aromatic carbocycles. The van der Waals surface area contributed by atoms with Gasteiger partial charge in [-0.25, -0.2) is 8.42 Å². The normalized spacial score (nSPS) is 24.4. The molecular formula is C14H25N3O2S2. The van der Waals surface area contributed by atoms with Gasteiger partial charge in [-0.15, -0.1) is 0 Å². The molecule has 2 rings (SSSR count). The number of sulfonamides is 1. The van der Waals surface area contributed by atoms with Crippen LogP contribution in [-0.4, -0.2) is 47.9 Å². The Bertz CT molecular complexity index is 583. The first-order valence-corrected chi connectivity index (χ1v) is 9.87. The fraction of sp³-hybridized carbons (Fsp3) is 0.714. The molecule has 2 heterocycles. The molecule has 7 heteroatoms. The Balaban J connectivity index is 2.35. The Kier molecular flexibility index (Phi) is 5.40. The molecule has 0 aliphatic carbocycles. The Morgan fingerprint density at radius 3 is 2.76 bits per heavy atom. The number of rotatable bonds is 5. The van der Waals surface area contributed by atoms with Gasteiger partial charge >= 0.3 is 0 Å². The molecule has 1 N–H and O–H groups in total. The number of aryl methyl sites for hydroxylation is 1. The summed E-state index contributed by atoms with van der Waals surface area (Å²) in [6, 6.07) is 1.83. The van der Waals surface area contributed by atoms with Crippen molar-refractivity contribution in [2.45, 2.75) is 50.0 Å². The Morgan fingerprint density at radius 1 is 1.43 bits per heavy atom. The summed E-state index contributed by atoms with van der Waals surface area (Å²) in [6.07, 6.45) is 1.77. The molecular weight excluding hydrogens is 306 g/mol. The van der Waals surface area contributed by atoms with Crippen molar-refractivity contribution in [3.05, 3.63) is 18.0 Å². The van der Waals surface area contributed by atoms with Gasteiger partial charge in [0.2, 0.25) is 10.0 Å². The third-order valence-corrected chi connectivity index (χ3v) is 7.38. The fourth-order valence-electron chi connectivity index (χ4n) is 2.67. The molecule has 0 radical (unpaired) electrons. The van der Waals surface area contributed by atoms with E-state index in [1.165, 1.54) is 0 Å². The predicted molar refractivity (Wildman–Crippen MR) is 88.1 cm³/mol. The van der Waals surface area contributed by atoms with E-state index < -0.39 is 10.0 Å². The third-order valence-electron chi connectivity index (χ3n) is 4.09. The minimum atomic E-state index is -3.40. The Morgan fingerprint density at radius 2 is 2.14 bits per heavy atom. The summed E-state index contributed by atoms with van der Waals surface area (Å²) < 4.78 is 29.5. The highest BCUT2D eigenvalue weighted by atomic mass is 32.2. The van der Waals surface area contributed by atoms with Crippen molar-refractivity contribution in [2.24, 2.45) is 0 Å². The van der Waals surface area contributed by atoms with E-state index in [4.69, 9.17) is 0 Å². The van der Waals surface area contributed by atoms with Crippen molar-refractivity contribution in [2.75, 3.05) is 19.3 Å². The van der Waals surface area contributed by atoms with Gasteiger partial charge in [0.15, 0.2) is 0 Å². The van der Waals surface area contributed by atoms with Crippen LogP contribution in [0.4, 0.5) is 0 Å². The fourth-order valence-corrected chi connectivity index (χ4v) is 5.73. The summed E-state index contributed by atoms with van der Waals surface area (Å²) in [4.78, 5) is 0.417. The molecule has 1 aromatic heterocycles. The third kappa shape index (κ3) is 3.31. The highest BCUT2D eigenvalue weighted by molar-refractivity contribution is 8.00. The predicted octanol–water partition coefficient (Wildman–Crippen LogP) is 1.74. The topological polar surface area (TPSA) is 54.3 Å². The second-order valence-corrected chi connectivity index (χ2v) is 8.79. The zero-order valence-corrected chi connectivity index (χ0v) is 14.8. The molecule has 1 aliphatic heterocycles. The largest absolute Gasteiger partial charge is 0.349 e. The van der Waals surface area contributed by atoms with E-state index >= 15 is 0 Å². The first-order valence-electron chi connectivity index (χ1n) is 7.39. The maximum absolute atomic E-state index is 12.9. The van der Waals surface area contributed by atoms with E-state index in [2.05, 4.69) is 12.2 Å². The molecule has 1 saturated heterocycles. The monoisotopic (exact) mass is 331 g/mol. The lowest BCUT2D eigenvalue weighted by molar-refractivity contribution is 0.340. The summed E-state index contributed by atoms with van der Waals surface area (Å²) in [5.74, 6) is 0.864. The molecule has 0 spiro atoms. The van der Waals surface area contributed by atoms with Gasteiger partial charge in [0.05, 0.1) is 0 Å². The standard InChI is InChI=1S/C14H25N3O2S2/c1-5-16-10-14(8-13(16)9-15-4)21(18,19)17-6-7-20-12(3)11(17)2/h8,10-12,15H,5-7,9H2,1-4H3. The summed E-state index contributed by atoms with van der Waals surface area (Å²) >= 11 is 1.84. The zero-order chi connectivity index (χ0) is 15.6. The molecule has 5 nitrogen and oxygen atoms in total. The smallest absolute Gasteiger partial charge is 0.244 e. The lowest BCUT2D eigenvalue weighted by atomic mass is 10.2. The van der Waals surface area contributed by atoms with Gasteiger partial charge in [0, 0.05) is 48.6 Å². The molecule has 0 bridgehead atoms. The average Bonchev–Trinajstić information content (AvgIpc) is 2.86. The van der Waals surface area contributed by atoms with Gasteiger partial charge in [-0.3, -0.25) is 0 Å². The van der Waals surface area contributed by atoms with Crippen LogP contribution in [0.2, 0.25) is 0 Å². The van der Waals surface area contributed by atoms with Crippen molar-refractivity contribution in [3.8, 4) is 0 Å². The Hall–Kier alpha value is -0.500. The van der Waals surface area contributed by atoms with Crippen LogP contribution in [0.3, 0.4) is 0 Å². The molecule has 2 unspecified atom stereocenters. The summed E-state index contributed by atoms with van der Waals surface area (Å²) in [5.41, 5.74) is 1.01. The van der Waals surface area contributed by atoms with Crippen LogP contribution >= 0.6 is 11.8 Å². The van der Waals surface area contributed by atoms with Gasteiger partial charge in [-0.05, 0) is 27.0 Å². The van der Waals surface area contributed by atoms with Crippen molar-refractivity contribution in [3.63, 3.8) is 0 Å². The van der Waals surface area contributed by atoms with E-state index in [0.717, 1.165) is 18.0 Å². The highest BCUT2D eigenvalue weighted by Gasteiger charge is 2.35. The van der Waals surface area contributed by atoms with Gasteiger partial charge in [0.1, 0.15) is 4.90 Å². The molecule has 2 atom stereocenters. The molecule has 1 fully saturated rings. The summed E-state index contributed by atoms with van der Waals surface area (Å²) in [5, 5.41) is 3.42. The lowest BCUT2D eigenvalue weighted by Crippen LogP contribution is -2.47. The maximum atomic E-state index is 12.9. The van der Waals surface area contributed by atoms with E-state index in [1.807, 2.05) is 37.2 Å². The molecule has 1 aliphatic rings.